The Kier molecular flexibility index (Phi) is 5.25. The van der Waals surface area contributed by atoms with Crippen molar-refractivity contribution in [1.29, 1.82) is 5.41 Å². The van der Waals surface area contributed by atoms with E-state index < -0.39 is 0 Å². The molecule has 144 valence electrons. The normalized spacial score (nSPS) is 10.7. The average molecular weight is 381 g/mol. The summed E-state index contributed by atoms with van der Waals surface area (Å²) in [4.78, 5) is 0. The summed E-state index contributed by atoms with van der Waals surface area (Å²) < 4.78 is 7.63. The molecule has 0 spiro atoms. The summed E-state index contributed by atoms with van der Waals surface area (Å²) in [5.41, 5.74) is 6.20. The van der Waals surface area contributed by atoms with Gasteiger partial charge in [0.25, 0.3) is 0 Å². The summed E-state index contributed by atoms with van der Waals surface area (Å²) in [7, 11) is 0. The molecule has 0 aliphatic heterocycles. The summed E-state index contributed by atoms with van der Waals surface area (Å²) >= 11 is 0. The molecule has 0 atom stereocenters. The average Bonchev–Trinajstić information content (AvgIpc) is 3.11. The molecule has 0 unspecified atom stereocenters. The van der Waals surface area contributed by atoms with Crippen LogP contribution in [0.4, 0.5) is 0 Å². The highest BCUT2D eigenvalue weighted by molar-refractivity contribution is 5.91. The first-order chi connectivity index (χ1) is 14.1. The number of nitrogens with one attached hydrogen (secondary N) is 1. The van der Waals surface area contributed by atoms with Gasteiger partial charge in [-0.25, -0.2) is 0 Å². The van der Waals surface area contributed by atoms with Crippen LogP contribution in [0.3, 0.4) is 0 Å². The highest BCUT2D eigenvalue weighted by Gasteiger charge is 2.12. The van der Waals surface area contributed by atoms with Gasteiger partial charge in [-0.15, -0.1) is 0 Å². The van der Waals surface area contributed by atoms with Crippen LogP contribution >= 0.6 is 0 Å². The Labute approximate surface area is 170 Å². The van der Waals surface area contributed by atoms with Crippen LogP contribution in [-0.2, 0) is 6.54 Å². The zero-order valence-corrected chi connectivity index (χ0v) is 16.6. The number of hydrogen-bond acceptors (Lipinski definition) is 3. The molecular formula is C25H23N3O. The lowest BCUT2D eigenvalue weighted by atomic mass is 10.1. The van der Waals surface area contributed by atoms with E-state index in [1.54, 1.807) is 0 Å². The number of ether oxygens (including phenoxy) is 1. The molecule has 0 aliphatic carbocycles. The van der Waals surface area contributed by atoms with Crippen LogP contribution in [0, 0.1) is 19.3 Å². The van der Waals surface area contributed by atoms with Gasteiger partial charge in [0.05, 0.1) is 6.54 Å². The van der Waals surface area contributed by atoms with Crippen LogP contribution in [0.25, 0.3) is 11.1 Å². The van der Waals surface area contributed by atoms with Crippen LogP contribution < -0.4 is 4.74 Å². The van der Waals surface area contributed by atoms with Crippen molar-refractivity contribution in [2.24, 2.45) is 0 Å². The minimum atomic E-state index is 0.0446. The predicted molar refractivity (Wildman–Crippen MR) is 117 cm³/mol. The van der Waals surface area contributed by atoms with Crippen molar-refractivity contribution in [3.63, 3.8) is 0 Å². The second-order valence-corrected chi connectivity index (χ2v) is 7.14. The number of rotatable bonds is 5. The Hall–Kier alpha value is -3.66. The highest BCUT2D eigenvalue weighted by atomic mass is 16.5. The van der Waals surface area contributed by atoms with Gasteiger partial charge >= 0.3 is 0 Å². The Balaban J connectivity index is 1.45. The van der Waals surface area contributed by atoms with Gasteiger partial charge < -0.3 is 4.74 Å². The molecule has 0 saturated heterocycles. The van der Waals surface area contributed by atoms with Gasteiger partial charge in [-0.1, -0.05) is 72.3 Å². The van der Waals surface area contributed by atoms with E-state index in [-0.39, 0.29) is 5.90 Å². The lowest BCUT2D eigenvalue weighted by Gasteiger charge is -2.07. The van der Waals surface area contributed by atoms with Crippen molar-refractivity contribution in [1.82, 2.24) is 9.78 Å². The summed E-state index contributed by atoms with van der Waals surface area (Å²) in [5.74, 6) is 0.670. The molecule has 0 radical (unpaired) electrons. The van der Waals surface area contributed by atoms with Crippen LogP contribution in [-0.4, -0.2) is 15.7 Å². The van der Waals surface area contributed by atoms with Gasteiger partial charge in [-0.3, -0.25) is 10.1 Å². The summed E-state index contributed by atoms with van der Waals surface area (Å²) in [6.45, 7) is 4.74. The molecule has 4 rings (SSSR count). The number of benzene rings is 3. The van der Waals surface area contributed by atoms with Crippen LogP contribution in [0.15, 0.2) is 84.9 Å². The van der Waals surface area contributed by atoms with E-state index >= 15 is 0 Å². The third-order valence-electron chi connectivity index (χ3n) is 4.85. The van der Waals surface area contributed by atoms with Crippen LogP contribution in [0.2, 0.25) is 0 Å². The highest BCUT2D eigenvalue weighted by Crippen LogP contribution is 2.22. The molecule has 1 heterocycles. The van der Waals surface area contributed by atoms with E-state index in [2.05, 4.69) is 48.4 Å². The second-order valence-electron chi connectivity index (χ2n) is 7.14. The Bertz CT molecular complexity index is 1110. The third-order valence-corrected chi connectivity index (χ3v) is 4.85. The van der Waals surface area contributed by atoms with Crippen LogP contribution in [0.1, 0.15) is 22.5 Å². The van der Waals surface area contributed by atoms with Gasteiger partial charge in [0.2, 0.25) is 5.90 Å². The zero-order chi connectivity index (χ0) is 20.2. The number of hydrogen-bond donors (Lipinski definition) is 1. The zero-order valence-electron chi connectivity index (χ0n) is 16.6. The first-order valence-corrected chi connectivity index (χ1v) is 9.61. The molecule has 0 amide bonds. The fourth-order valence-electron chi connectivity index (χ4n) is 3.16. The van der Waals surface area contributed by atoms with Gasteiger partial charge in [-0.05, 0) is 48.7 Å². The maximum atomic E-state index is 8.30. The summed E-state index contributed by atoms with van der Waals surface area (Å²) in [6, 6.07) is 28.2. The number of aromatic nitrogens is 2. The van der Waals surface area contributed by atoms with Crippen molar-refractivity contribution in [3.8, 4) is 16.9 Å². The summed E-state index contributed by atoms with van der Waals surface area (Å²) in [6.07, 6.45) is 0. The van der Waals surface area contributed by atoms with Crippen molar-refractivity contribution in [2.75, 3.05) is 0 Å². The lowest BCUT2D eigenvalue weighted by molar-refractivity contribution is 0.542. The van der Waals surface area contributed by atoms with E-state index in [4.69, 9.17) is 10.1 Å². The third kappa shape index (κ3) is 4.43. The molecule has 4 heteroatoms. The summed E-state index contributed by atoms with van der Waals surface area (Å²) in [5, 5.41) is 12.9. The Morgan fingerprint density at radius 2 is 1.52 bits per heavy atom. The van der Waals surface area contributed by atoms with Crippen molar-refractivity contribution in [2.45, 2.75) is 20.4 Å². The van der Waals surface area contributed by atoms with Crippen molar-refractivity contribution < 1.29 is 4.74 Å². The van der Waals surface area contributed by atoms with E-state index in [1.165, 1.54) is 11.1 Å². The maximum absolute atomic E-state index is 8.30. The minimum absolute atomic E-state index is 0.0446. The van der Waals surface area contributed by atoms with Crippen LogP contribution in [0.5, 0.6) is 5.75 Å². The molecule has 0 bridgehead atoms. The second kappa shape index (κ2) is 8.15. The lowest BCUT2D eigenvalue weighted by Crippen LogP contribution is -2.11. The standard InChI is InChI=1S/C25H23N3O/c1-18-8-10-20(11-9-18)17-28-19(2)16-24(27-28)25(26)29-23-14-12-22(13-15-23)21-6-4-3-5-7-21/h3-16,26H,17H2,1-2H3. The quantitative estimate of drug-likeness (QED) is 0.360. The molecule has 1 aromatic heterocycles. The van der Waals surface area contributed by atoms with Crippen molar-refractivity contribution in [3.05, 3.63) is 107 Å². The molecule has 29 heavy (non-hydrogen) atoms. The molecular weight excluding hydrogens is 358 g/mol. The van der Waals surface area contributed by atoms with E-state index in [0.717, 1.165) is 16.8 Å². The molecule has 4 aromatic rings. The Morgan fingerprint density at radius 1 is 0.862 bits per heavy atom. The predicted octanol–water partition coefficient (Wildman–Crippen LogP) is 5.62. The fraction of sp³-hybridized carbons (Fsp3) is 0.120. The van der Waals surface area contributed by atoms with Gasteiger partial charge in [0.1, 0.15) is 11.4 Å². The number of nitrogens with zero attached hydrogens (tertiary/aromatic N) is 2. The van der Waals surface area contributed by atoms with E-state index in [0.29, 0.717) is 18.0 Å². The first-order valence-electron chi connectivity index (χ1n) is 9.61. The molecule has 0 saturated carbocycles. The largest absolute Gasteiger partial charge is 0.437 e. The smallest absolute Gasteiger partial charge is 0.239 e. The topological polar surface area (TPSA) is 50.9 Å². The monoisotopic (exact) mass is 381 g/mol. The molecule has 3 aromatic carbocycles. The van der Waals surface area contributed by atoms with Gasteiger partial charge in [0, 0.05) is 5.69 Å². The first kappa shape index (κ1) is 18.7. The molecule has 4 nitrogen and oxygen atoms in total. The van der Waals surface area contributed by atoms with Gasteiger partial charge in [-0.2, -0.15) is 5.10 Å². The maximum Gasteiger partial charge on any atom is 0.239 e. The SMILES string of the molecule is Cc1ccc(Cn2nc(C(=N)Oc3ccc(-c4ccccc4)cc3)cc2C)cc1. The van der Waals surface area contributed by atoms with E-state index in [1.807, 2.05) is 60.1 Å². The fourth-order valence-corrected chi connectivity index (χ4v) is 3.16. The number of aryl methyl sites for hydroxylation is 2. The van der Waals surface area contributed by atoms with E-state index in [9.17, 15) is 0 Å². The Morgan fingerprint density at radius 3 is 2.21 bits per heavy atom. The van der Waals surface area contributed by atoms with Gasteiger partial charge in [0.15, 0.2) is 0 Å². The minimum Gasteiger partial charge on any atom is -0.437 e. The molecule has 0 aliphatic rings. The molecule has 0 fully saturated rings. The molecule has 1 N–H and O–H groups in total. The van der Waals surface area contributed by atoms with Crippen molar-refractivity contribution >= 4 is 5.90 Å².